The maximum absolute atomic E-state index is 12.8. The Morgan fingerprint density at radius 1 is 1.16 bits per heavy atom. The Kier molecular flexibility index (Phi) is 6.74. The van der Waals surface area contributed by atoms with Gasteiger partial charge >= 0.3 is 0 Å². The van der Waals surface area contributed by atoms with Gasteiger partial charge in [-0.1, -0.05) is 23.7 Å². The third kappa shape index (κ3) is 4.92. The number of hydrogen-bond donors (Lipinski definition) is 0. The molecular weight excluding hydrogens is 466 g/mol. The minimum Gasteiger partial charge on any atom is -0.343 e. The second kappa shape index (κ2) is 9.37. The van der Waals surface area contributed by atoms with Gasteiger partial charge in [-0.15, -0.1) is 11.3 Å². The molecule has 4 rings (SSSR count). The lowest BCUT2D eigenvalue weighted by Crippen LogP contribution is -2.38. The average molecular weight is 492 g/mol. The number of carbonyl (C=O) groups is 1. The molecule has 1 fully saturated rings. The van der Waals surface area contributed by atoms with Crippen LogP contribution in [0.25, 0.3) is 10.8 Å². The summed E-state index contributed by atoms with van der Waals surface area (Å²) >= 11 is 7.69. The van der Waals surface area contributed by atoms with E-state index in [1.165, 1.54) is 4.88 Å². The molecule has 1 aromatic heterocycles. The molecule has 1 aliphatic rings. The van der Waals surface area contributed by atoms with Crippen molar-refractivity contribution in [1.82, 2.24) is 9.47 Å². The van der Waals surface area contributed by atoms with Gasteiger partial charge < -0.3 is 9.47 Å². The van der Waals surface area contributed by atoms with E-state index in [-0.39, 0.29) is 23.0 Å². The molecule has 0 unspecified atom stereocenters. The molecule has 0 N–H and O–H groups in total. The molecule has 9 heteroatoms. The van der Waals surface area contributed by atoms with Crippen molar-refractivity contribution in [2.75, 3.05) is 25.9 Å². The molecule has 2 heterocycles. The standard InChI is InChI=1S/C23H26ClN3O3S2/c1-25-23-26(2)15-21(31-23)16-7-10-27(11-8-16)22(28)9-12-32(29,30)20-6-4-17-13-19(24)5-3-18(17)14-20/h3-6,13-16H,7-12H2,1-2H3/b25-23-. The second-order valence-electron chi connectivity index (χ2n) is 8.13. The highest BCUT2D eigenvalue weighted by Gasteiger charge is 2.26. The smallest absolute Gasteiger partial charge is 0.223 e. The van der Waals surface area contributed by atoms with Gasteiger partial charge in [0.05, 0.1) is 10.6 Å². The van der Waals surface area contributed by atoms with Gasteiger partial charge in [-0.05, 0) is 53.8 Å². The van der Waals surface area contributed by atoms with Crippen LogP contribution in [0.2, 0.25) is 5.02 Å². The van der Waals surface area contributed by atoms with Gasteiger partial charge in [0, 0.05) is 49.7 Å². The lowest BCUT2D eigenvalue weighted by atomic mass is 9.95. The zero-order valence-electron chi connectivity index (χ0n) is 18.1. The Balaban J connectivity index is 1.35. The molecule has 170 valence electrons. The van der Waals surface area contributed by atoms with Gasteiger partial charge in [0.15, 0.2) is 14.6 Å². The van der Waals surface area contributed by atoms with E-state index in [0.717, 1.165) is 28.4 Å². The number of fused-ring (bicyclic) bond motifs is 1. The average Bonchev–Trinajstić information content (AvgIpc) is 3.17. The van der Waals surface area contributed by atoms with Crippen LogP contribution in [-0.4, -0.2) is 49.7 Å². The molecule has 0 bridgehead atoms. The van der Waals surface area contributed by atoms with E-state index in [1.54, 1.807) is 59.7 Å². The molecule has 0 atom stereocenters. The van der Waals surface area contributed by atoms with Gasteiger partial charge in [0.25, 0.3) is 0 Å². The zero-order valence-corrected chi connectivity index (χ0v) is 20.5. The van der Waals surface area contributed by atoms with Crippen LogP contribution in [-0.2, 0) is 21.7 Å². The number of halogens is 1. The van der Waals surface area contributed by atoms with Crippen LogP contribution in [0.4, 0.5) is 0 Å². The van der Waals surface area contributed by atoms with E-state index in [0.29, 0.717) is 24.0 Å². The van der Waals surface area contributed by atoms with Gasteiger partial charge in [-0.2, -0.15) is 0 Å². The molecule has 1 aliphatic heterocycles. The van der Waals surface area contributed by atoms with E-state index < -0.39 is 9.84 Å². The number of carbonyl (C=O) groups excluding carboxylic acids is 1. The van der Waals surface area contributed by atoms with Crippen molar-refractivity contribution < 1.29 is 13.2 Å². The topological polar surface area (TPSA) is 71.7 Å². The summed E-state index contributed by atoms with van der Waals surface area (Å²) < 4.78 is 27.7. The molecule has 1 saturated heterocycles. The molecule has 1 amide bonds. The number of benzene rings is 2. The summed E-state index contributed by atoms with van der Waals surface area (Å²) in [6.45, 7) is 1.31. The Hall–Kier alpha value is -2.16. The molecule has 32 heavy (non-hydrogen) atoms. The van der Waals surface area contributed by atoms with Crippen molar-refractivity contribution in [2.24, 2.45) is 12.0 Å². The number of amides is 1. The number of nitrogens with zero attached hydrogens (tertiary/aromatic N) is 3. The number of aromatic nitrogens is 1. The van der Waals surface area contributed by atoms with E-state index in [9.17, 15) is 13.2 Å². The van der Waals surface area contributed by atoms with Gasteiger partial charge in [0.1, 0.15) is 0 Å². The fourth-order valence-corrected chi connectivity index (χ4v) is 6.69. The summed E-state index contributed by atoms with van der Waals surface area (Å²) in [6.07, 6.45) is 3.89. The highest BCUT2D eigenvalue weighted by Crippen LogP contribution is 2.30. The number of likely N-dealkylation sites (tertiary alicyclic amines) is 1. The summed E-state index contributed by atoms with van der Waals surface area (Å²) in [5.41, 5.74) is 0. The van der Waals surface area contributed by atoms with Crippen LogP contribution in [0.15, 0.2) is 52.5 Å². The lowest BCUT2D eigenvalue weighted by molar-refractivity contribution is -0.131. The molecule has 6 nitrogen and oxygen atoms in total. The van der Waals surface area contributed by atoms with Crippen molar-refractivity contribution in [1.29, 1.82) is 0 Å². The first-order chi connectivity index (χ1) is 15.3. The first kappa shape index (κ1) is 23.0. The number of aryl methyl sites for hydroxylation is 1. The van der Waals surface area contributed by atoms with Gasteiger partial charge in [0.2, 0.25) is 5.91 Å². The monoisotopic (exact) mass is 491 g/mol. The van der Waals surface area contributed by atoms with Crippen LogP contribution in [0.1, 0.15) is 30.1 Å². The molecule has 0 saturated carbocycles. The maximum atomic E-state index is 12.8. The fourth-order valence-electron chi connectivity index (χ4n) is 4.14. The van der Waals surface area contributed by atoms with Crippen molar-refractivity contribution in [3.8, 4) is 0 Å². The molecule has 2 aromatic carbocycles. The minimum absolute atomic E-state index is 0.00151. The molecule has 0 radical (unpaired) electrons. The summed E-state index contributed by atoms with van der Waals surface area (Å²) in [7, 11) is 0.236. The highest BCUT2D eigenvalue weighted by molar-refractivity contribution is 7.91. The third-order valence-corrected chi connectivity index (χ3v) is 9.27. The fraction of sp³-hybridized carbons (Fsp3) is 0.391. The zero-order chi connectivity index (χ0) is 22.9. The van der Waals surface area contributed by atoms with E-state index >= 15 is 0 Å². The van der Waals surface area contributed by atoms with Crippen LogP contribution in [0.5, 0.6) is 0 Å². The quantitative estimate of drug-likeness (QED) is 0.541. The Bertz CT molecular complexity index is 1320. The predicted octanol–water partition coefficient (Wildman–Crippen LogP) is 3.99. The summed E-state index contributed by atoms with van der Waals surface area (Å²) in [5.74, 6) is 0.133. The van der Waals surface area contributed by atoms with E-state index in [1.807, 2.05) is 11.6 Å². The van der Waals surface area contributed by atoms with Crippen LogP contribution >= 0.6 is 22.9 Å². The number of hydrogen-bond acceptors (Lipinski definition) is 5. The van der Waals surface area contributed by atoms with Crippen molar-refractivity contribution in [3.63, 3.8) is 0 Å². The predicted molar refractivity (Wildman–Crippen MR) is 129 cm³/mol. The van der Waals surface area contributed by atoms with Gasteiger partial charge in [-0.25, -0.2) is 8.42 Å². The number of rotatable bonds is 5. The summed E-state index contributed by atoms with van der Waals surface area (Å²) in [5, 5.41) is 2.30. The molecule has 3 aromatic rings. The summed E-state index contributed by atoms with van der Waals surface area (Å²) in [4.78, 5) is 21.3. The first-order valence-electron chi connectivity index (χ1n) is 10.6. The summed E-state index contributed by atoms with van der Waals surface area (Å²) in [6, 6.07) is 10.3. The Morgan fingerprint density at radius 2 is 1.84 bits per heavy atom. The number of sulfone groups is 1. The Morgan fingerprint density at radius 3 is 2.53 bits per heavy atom. The van der Waals surface area contributed by atoms with E-state index in [2.05, 4.69) is 11.2 Å². The van der Waals surface area contributed by atoms with Gasteiger partial charge in [-0.3, -0.25) is 9.79 Å². The van der Waals surface area contributed by atoms with Crippen LogP contribution in [0.3, 0.4) is 0 Å². The molecule has 0 spiro atoms. The van der Waals surface area contributed by atoms with Crippen LogP contribution in [0, 0.1) is 0 Å². The van der Waals surface area contributed by atoms with Crippen molar-refractivity contribution in [3.05, 3.63) is 57.3 Å². The van der Waals surface area contributed by atoms with Crippen molar-refractivity contribution >= 4 is 49.5 Å². The number of piperidine rings is 1. The Labute approximate surface area is 197 Å². The SMILES string of the molecule is C/N=c1\sc(C2CCN(C(=O)CCS(=O)(=O)c3ccc4cc(Cl)ccc4c3)CC2)cn1C. The first-order valence-corrected chi connectivity index (χ1v) is 13.4. The third-order valence-electron chi connectivity index (χ3n) is 5.99. The largest absolute Gasteiger partial charge is 0.343 e. The lowest BCUT2D eigenvalue weighted by Gasteiger charge is -2.31. The van der Waals surface area contributed by atoms with Crippen molar-refractivity contribution in [2.45, 2.75) is 30.1 Å². The van der Waals surface area contributed by atoms with E-state index in [4.69, 9.17) is 11.6 Å². The molecule has 0 aliphatic carbocycles. The maximum Gasteiger partial charge on any atom is 0.223 e. The normalized spacial score (nSPS) is 16.1. The highest BCUT2D eigenvalue weighted by atomic mass is 35.5. The van der Waals surface area contributed by atoms with Crippen LogP contribution < -0.4 is 4.80 Å². The minimum atomic E-state index is -3.55. The second-order valence-corrected chi connectivity index (χ2v) is 11.7. The molecular formula is C23H26ClN3O3S2. The number of thiazole rings is 1.